The molecule has 0 spiro atoms. The zero-order valence-electron chi connectivity index (χ0n) is 18.4. The van der Waals surface area contributed by atoms with Crippen LogP contribution in [0.15, 0.2) is 31.2 Å². The van der Waals surface area contributed by atoms with Crippen molar-refractivity contribution < 1.29 is 14.2 Å². The number of rotatable bonds is 7. The number of fused-ring (bicyclic) bond motifs is 1. The second kappa shape index (κ2) is 8.67. The first kappa shape index (κ1) is 20.7. The number of benzene rings is 1. The number of imidazole rings is 1. The fourth-order valence-corrected chi connectivity index (χ4v) is 3.75. The molecule has 0 aliphatic heterocycles. The Morgan fingerprint density at radius 3 is 2.39 bits per heavy atom. The molecule has 0 bridgehead atoms. The largest absolute Gasteiger partial charge is 0.493 e. The number of hydrogen-bond acceptors (Lipinski definition) is 7. The molecule has 8 heteroatoms. The number of nitrogens with one attached hydrogen (secondary N) is 1. The number of allylic oxidation sites excluding steroid dienone is 1. The lowest BCUT2D eigenvalue weighted by atomic mass is 9.96. The van der Waals surface area contributed by atoms with Crippen molar-refractivity contribution >= 4 is 17.2 Å². The van der Waals surface area contributed by atoms with E-state index in [2.05, 4.69) is 16.9 Å². The zero-order valence-corrected chi connectivity index (χ0v) is 18.4. The summed E-state index contributed by atoms with van der Waals surface area (Å²) in [5.41, 5.74) is 3.95. The van der Waals surface area contributed by atoms with E-state index in [0.717, 1.165) is 48.5 Å². The third-order valence-corrected chi connectivity index (χ3v) is 5.34. The Hall–Kier alpha value is -3.55. The van der Waals surface area contributed by atoms with E-state index >= 15 is 0 Å². The number of nitrogens with zero attached hydrogens (tertiary/aromatic N) is 4. The minimum Gasteiger partial charge on any atom is -0.493 e. The smallest absolute Gasteiger partial charge is 0.203 e. The maximum atomic E-state index is 5.46. The van der Waals surface area contributed by atoms with E-state index in [1.165, 1.54) is 5.56 Å². The second-order valence-electron chi connectivity index (χ2n) is 7.48. The van der Waals surface area contributed by atoms with Crippen molar-refractivity contribution in [2.24, 2.45) is 0 Å². The fourth-order valence-electron chi connectivity index (χ4n) is 3.75. The normalized spacial score (nSPS) is 12.8. The van der Waals surface area contributed by atoms with Crippen molar-refractivity contribution in [1.82, 2.24) is 19.5 Å². The first-order chi connectivity index (χ1) is 15.0. The Balaban J connectivity index is 1.68. The van der Waals surface area contributed by atoms with Crippen LogP contribution in [0.1, 0.15) is 36.8 Å². The van der Waals surface area contributed by atoms with Gasteiger partial charge in [0.05, 0.1) is 33.2 Å². The van der Waals surface area contributed by atoms with Crippen LogP contribution in [-0.4, -0.2) is 40.8 Å². The van der Waals surface area contributed by atoms with Gasteiger partial charge in [-0.05, 0) is 38.2 Å². The van der Waals surface area contributed by atoms with E-state index in [0.29, 0.717) is 28.9 Å². The van der Waals surface area contributed by atoms with Gasteiger partial charge in [-0.2, -0.15) is 0 Å². The number of methoxy groups -OCH3 is 3. The van der Waals surface area contributed by atoms with Crippen LogP contribution in [0, 0.1) is 0 Å². The van der Waals surface area contributed by atoms with E-state index < -0.39 is 0 Å². The molecule has 2 aromatic heterocycles. The summed E-state index contributed by atoms with van der Waals surface area (Å²) in [6.07, 6.45) is 7.84. The molecule has 31 heavy (non-hydrogen) atoms. The van der Waals surface area contributed by atoms with Crippen LogP contribution in [-0.2, 0) is 12.8 Å². The van der Waals surface area contributed by atoms with Crippen LogP contribution >= 0.6 is 0 Å². The van der Waals surface area contributed by atoms with Gasteiger partial charge in [0, 0.05) is 23.4 Å². The van der Waals surface area contributed by atoms with Gasteiger partial charge in [0.2, 0.25) is 5.75 Å². The molecule has 0 saturated heterocycles. The van der Waals surface area contributed by atoms with E-state index in [-0.39, 0.29) is 0 Å². The van der Waals surface area contributed by atoms with Crippen molar-refractivity contribution in [3.05, 3.63) is 48.3 Å². The summed E-state index contributed by atoms with van der Waals surface area (Å²) < 4.78 is 18.2. The van der Waals surface area contributed by atoms with Crippen molar-refractivity contribution in [1.29, 1.82) is 0 Å². The van der Waals surface area contributed by atoms with Gasteiger partial charge in [-0.3, -0.25) is 0 Å². The molecule has 2 heterocycles. The van der Waals surface area contributed by atoms with Crippen molar-refractivity contribution in [2.75, 3.05) is 26.6 Å². The molecule has 1 aromatic carbocycles. The highest BCUT2D eigenvalue weighted by Crippen LogP contribution is 2.39. The highest BCUT2D eigenvalue weighted by atomic mass is 16.5. The Morgan fingerprint density at radius 1 is 1.03 bits per heavy atom. The monoisotopic (exact) mass is 421 g/mol. The van der Waals surface area contributed by atoms with Gasteiger partial charge in [-0.25, -0.2) is 15.0 Å². The molecule has 8 nitrogen and oxygen atoms in total. The Morgan fingerprint density at radius 2 is 1.74 bits per heavy atom. The maximum absolute atomic E-state index is 5.46. The molecule has 0 radical (unpaired) electrons. The third kappa shape index (κ3) is 4.05. The minimum absolute atomic E-state index is 0.548. The summed E-state index contributed by atoms with van der Waals surface area (Å²) >= 11 is 0. The first-order valence-electron chi connectivity index (χ1n) is 10.2. The van der Waals surface area contributed by atoms with Crippen LogP contribution in [0.3, 0.4) is 0 Å². The van der Waals surface area contributed by atoms with Crippen LogP contribution < -0.4 is 19.5 Å². The number of hydrogen-bond donors (Lipinski definition) is 1. The summed E-state index contributed by atoms with van der Waals surface area (Å²) in [6.45, 7) is 5.93. The summed E-state index contributed by atoms with van der Waals surface area (Å²) in [4.78, 5) is 13.9. The molecular weight excluding hydrogens is 394 g/mol. The van der Waals surface area contributed by atoms with Crippen molar-refractivity contribution in [3.8, 4) is 22.9 Å². The van der Waals surface area contributed by atoms with Gasteiger partial charge in [-0.15, -0.1) is 0 Å². The molecule has 162 valence electrons. The highest BCUT2D eigenvalue weighted by molar-refractivity contribution is 5.63. The molecule has 0 atom stereocenters. The number of aryl methyl sites for hydroxylation is 1. The van der Waals surface area contributed by atoms with E-state index in [1.807, 2.05) is 29.8 Å². The molecule has 1 aliphatic rings. The van der Waals surface area contributed by atoms with Gasteiger partial charge < -0.3 is 24.1 Å². The molecule has 4 rings (SSSR count). The Labute approximate surface area is 181 Å². The molecule has 1 aliphatic carbocycles. The van der Waals surface area contributed by atoms with Gasteiger partial charge in [0.25, 0.3) is 0 Å². The average molecular weight is 422 g/mol. The molecular formula is C23H27N5O3. The molecule has 3 aromatic rings. The van der Waals surface area contributed by atoms with Gasteiger partial charge in [0.15, 0.2) is 17.3 Å². The minimum atomic E-state index is 0.548. The molecule has 0 amide bonds. The molecule has 0 saturated carbocycles. The quantitative estimate of drug-likeness (QED) is 0.607. The van der Waals surface area contributed by atoms with E-state index in [9.17, 15) is 0 Å². The van der Waals surface area contributed by atoms with E-state index in [1.54, 1.807) is 27.7 Å². The summed E-state index contributed by atoms with van der Waals surface area (Å²) in [6, 6.07) is 3.75. The SMILES string of the molecule is C=C(C)c1nc2c(c(Nc3cn(-c4cc(OC)c(OC)c(OC)c4)cn3)n1)CCCC2. The zero-order chi connectivity index (χ0) is 22.0. The number of ether oxygens (including phenoxy) is 3. The lowest BCUT2D eigenvalue weighted by molar-refractivity contribution is 0.324. The Kier molecular flexibility index (Phi) is 5.79. The van der Waals surface area contributed by atoms with Crippen molar-refractivity contribution in [3.63, 3.8) is 0 Å². The highest BCUT2D eigenvalue weighted by Gasteiger charge is 2.19. The van der Waals surface area contributed by atoms with Gasteiger partial charge in [0.1, 0.15) is 18.0 Å². The number of aromatic nitrogens is 4. The fraction of sp³-hybridized carbons (Fsp3) is 0.348. The summed E-state index contributed by atoms with van der Waals surface area (Å²) in [7, 11) is 4.78. The second-order valence-corrected chi connectivity index (χ2v) is 7.48. The summed E-state index contributed by atoms with van der Waals surface area (Å²) in [5, 5.41) is 3.39. The van der Waals surface area contributed by atoms with Crippen LogP contribution in [0.4, 0.5) is 11.6 Å². The summed E-state index contributed by atoms with van der Waals surface area (Å²) in [5.74, 6) is 3.87. The van der Waals surface area contributed by atoms with Gasteiger partial charge in [-0.1, -0.05) is 6.58 Å². The number of anilines is 2. The topological polar surface area (TPSA) is 83.3 Å². The molecule has 0 fully saturated rings. The predicted octanol–water partition coefficient (Wildman–Crippen LogP) is 4.34. The van der Waals surface area contributed by atoms with Crippen LogP contribution in [0.2, 0.25) is 0 Å². The Bertz CT molecular complexity index is 1100. The standard InChI is InChI=1S/C23H27N5O3/c1-14(2)22-25-17-9-7-6-8-16(17)23(27-22)26-20-12-28(13-24-20)15-10-18(29-3)21(31-5)19(11-15)30-4/h10-13H,1,6-9H2,2-5H3,(H,25,26,27). The first-order valence-corrected chi connectivity index (χ1v) is 10.2. The lowest BCUT2D eigenvalue weighted by Crippen LogP contribution is -2.12. The maximum Gasteiger partial charge on any atom is 0.203 e. The molecule has 0 unspecified atom stereocenters. The molecule has 1 N–H and O–H groups in total. The predicted molar refractivity (Wildman–Crippen MR) is 120 cm³/mol. The average Bonchev–Trinajstić information content (AvgIpc) is 3.26. The lowest BCUT2D eigenvalue weighted by Gasteiger charge is -2.19. The van der Waals surface area contributed by atoms with Crippen LogP contribution in [0.25, 0.3) is 11.3 Å². The van der Waals surface area contributed by atoms with Gasteiger partial charge >= 0.3 is 0 Å². The third-order valence-electron chi connectivity index (χ3n) is 5.34. The van der Waals surface area contributed by atoms with Crippen LogP contribution in [0.5, 0.6) is 17.2 Å². The van der Waals surface area contributed by atoms with Crippen molar-refractivity contribution in [2.45, 2.75) is 32.6 Å². The van der Waals surface area contributed by atoms with E-state index in [4.69, 9.17) is 24.2 Å².